The molecule has 0 atom stereocenters. The normalized spacial score (nSPS) is 18.1. The summed E-state index contributed by atoms with van der Waals surface area (Å²) in [7, 11) is 0. The molecule has 0 spiro atoms. The summed E-state index contributed by atoms with van der Waals surface area (Å²) in [5.41, 5.74) is -0.486. The Labute approximate surface area is 172 Å². The predicted molar refractivity (Wildman–Crippen MR) is 109 cm³/mol. The van der Waals surface area contributed by atoms with Crippen molar-refractivity contribution >= 4 is 35.5 Å². The van der Waals surface area contributed by atoms with Crippen molar-refractivity contribution in [3.8, 4) is 0 Å². The molecule has 0 bridgehead atoms. The molecule has 2 heterocycles. The van der Waals surface area contributed by atoms with Gasteiger partial charge in [0.05, 0.1) is 16.8 Å². The molecule has 1 amide bonds. The van der Waals surface area contributed by atoms with Gasteiger partial charge in [-0.25, -0.2) is 14.8 Å². The van der Waals surface area contributed by atoms with E-state index in [9.17, 15) is 14.7 Å². The molecule has 1 aliphatic carbocycles. The van der Waals surface area contributed by atoms with Crippen molar-refractivity contribution in [1.82, 2.24) is 14.9 Å². The molecule has 9 heteroatoms. The molecule has 1 saturated carbocycles. The first-order valence-electron chi connectivity index (χ1n) is 9.39. The van der Waals surface area contributed by atoms with Gasteiger partial charge in [0.15, 0.2) is 11.4 Å². The highest BCUT2D eigenvalue weighted by Gasteiger charge is 2.50. The van der Waals surface area contributed by atoms with Crippen LogP contribution in [0.25, 0.3) is 0 Å². The van der Waals surface area contributed by atoms with Crippen molar-refractivity contribution in [3.05, 3.63) is 52.9 Å². The summed E-state index contributed by atoms with van der Waals surface area (Å²) in [5, 5.41) is 9.66. The van der Waals surface area contributed by atoms with Gasteiger partial charge in [-0.05, 0) is 31.0 Å². The summed E-state index contributed by atoms with van der Waals surface area (Å²) in [4.78, 5) is 40.6. The lowest BCUT2D eigenvalue weighted by molar-refractivity contribution is -0.139. The third-order valence-corrected chi connectivity index (χ3v) is 5.53. The number of hydrogen-bond donors (Lipinski definition) is 1. The van der Waals surface area contributed by atoms with Crippen LogP contribution in [0.4, 0.5) is 5.82 Å². The molecular weight excluding hydrogens is 394 g/mol. The van der Waals surface area contributed by atoms with Gasteiger partial charge in [0, 0.05) is 32.4 Å². The Hall–Kier alpha value is -3.00. The SMILES string of the molecule is O=C(c1ccccc1Cl)N1CCN(c2ccnc(C=NC3(C(=O)O)CC3)n2)CC1. The van der Waals surface area contributed by atoms with Crippen molar-refractivity contribution in [1.29, 1.82) is 0 Å². The van der Waals surface area contributed by atoms with Crippen molar-refractivity contribution in [2.75, 3.05) is 31.1 Å². The van der Waals surface area contributed by atoms with E-state index in [0.29, 0.717) is 55.4 Å². The van der Waals surface area contributed by atoms with E-state index in [4.69, 9.17) is 11.6 Å². The van der Waals surface area contributed by atoms with Gasteiger partial charge in [-0.15, -0.1) is 0 Å². The summed E-state index contributed by atoms with van der Waals surface area (Å²) in [6, 6.07) is 8.85. The van der Waals surface area contributed by atoms with E-state index in [1.165, 1.54) is 6.21 Å². The molecule has 0 radical (unpaired) electrons. The fraction of sp³-hybridized carbons (Fsp3) is 0.350. The van der Waals surface area contributed by atoms with Crippen LogP contribution in [0.5, 0.6) is 0 Å². The Morgan fingerprint density at radius 2 is 1.86 bits per heavy atom. The smallest absolute Gasteiger partial charge is 0.331 e. The molecule has 1 N–H and O–H groups in total. The van der Waals surface area contributed by atoms with E-state index in [0.717, 1.165) is 5.82 Å². The van der Waals surface area contributed by atoms with Crippen molar-refractivity contribution < 1.29 is 14.7 Å². The maximum atomic E-state index is 12.7. The number of aromatic nitrogens is 2. The van der Waals surface area contributed by atoms with Crippen LogP contribution in [-0.4, -0.2) is 69.8 Å². The number of piperazine rings is 1. The number of benzene rings is 1. The number of carbonyl (C=O) groups excluding carboxylic acids is 1. The highest BCUT2D eigenvalue weighted by molar-refractivity contribution is 6.33. The number of halogens is 1. The molecule has 1 aromatic carbocycles. The van der Waals surface area contributed by atoms with Crippen LogP contribution in [0.15, 0.2) is 41.5 Å². The molecule has 1 aliphatic heterocycles. The third kappa shape index (κ3) is 4.07. The molecule has 1 aromatic heterocycles. The molecular formula is C20H20ClN5O3. The lowest BCUT2D eigenvalue weighted by Crippen LogP contribution is -2.49. The Balaban J connectivity index is 1.40. The van der Waals surface area contributed by atoms with Gasteiger partial charge in [0.1, 0.15) is 5.82 Å². The van der Waals surface area contributed by atoms with Crippen molar-refractivity contribution in [3.63, 3.8) is 0 Å². The lowest BCUT2D eigenvalue weighted by Gasteiger charge is -2.35. The number of aliphatic imine (C=N–C) groups is 1. The van der Waals surface area contributed by atoms with Gasteiger partial charge in [0.2, 0.25) is 0 Å². The number of rotatable bonds is 5. The molecule has 2 aromatic rings. The maximum Gasteiger partial charge on any atom is 0.331 e. The number of carbonyl (C=O) groups is 2. The largest absolute Gasteiger partial charge is 0.479 e. The summed E-state index contributed by atoms with van der Waals surface area (Å²) < 4.78 is 0. The van der Waals surface area contributed by atoms with Crippen molar-refractivity contribution in [2.45, 2.75) is 18.4 Å². The minimum absolute atomic E-state index is 0.0749. The van der Waals surface area contributed by atoms with E-state index >= 15 is 0 Å². The molecule has 29 heavy (non-hydrogen) atoms. The zero-order chi connectivity index (χ0) is 20.4. The van der Waals surface area contributed by atoms with Crippen LogP contribution >= 0.6 is 11.6 Å². The average molecular weight is 414 g/mol. The first-order chi connectivity index (χ1) is 14.0. The van der Waals surface area contributed by atoms with Gasteiger partial charge < -0.3 is 14.9 Å². The second kappa shape index (κ2) is 7.79. The predicted octanol–water partition coefficient (Wildman–Crippen LogP) is 2.13. The van der Waals surface area contributed by atoms with E-state index in [2.05, 4.69) is 19.9 Å². The minimum Gasteiger partial charge on any atom is -0.479 e. The molecule has 4 rings (SSSR count). The second-order valence-electron chi connectivity index (χ2n) is 7.13. The fourth-order valence-electron chi connectivity index (χ4n) is 3.24. The number of aliphatic carboxylic acids is 1. The Bertz CT molecular complexity index is 968. The highest BCUT2D eigenvalue weighted by Crippen LogP contribution is 2.39. The number of hydrogen-bond acceptors (Lipinski definition) is 6. The van der Waals surface area contributed by atoms with E-state index in [-0.39, 0.29) is 5.91 Å². The molecule has 2 aliphatic rings. The second-order valence-corrected chi connectivity index (χ2v) is 7.53. The third-order valence-electron chi connectivity index (χ3n) is 5.20. The van der Waals surface area contributed by atoms with Gasteiger partial charge in [0.25, 0.3) is 5.91 Å². The first-order valence-corrected chi connectivity index (χ1v) is 9.77. The number of carboxylic acids is 1. The quantitative estimate of drug-likeness (QED) is 0.754. The van der Waals surface area contributed by atoms with Crippen LogP contribution in [0, 0.1) is 0 Å². The number of carboxylic acid groups (broad SMARTS) is 1. The van der Waals surface area contributed by atoms with Gasteiger partial charge >= 0.3 is 5.97 Å². The summed E-state index contributed by atoms with van der Waals surface area (Å²) in [6.07, 6.45) is 4.15. The Morgan fingerprint density at radius 1 is 1.14 bits per heavy atom. The topological polar surface area (TPSA) is 99.0 Å². The minimum atomic E-state index is -0.996. The first kappa shape index (κ1) is 19.3. The van der Waals surface area contributed by atoms with Crippen LogP contribution in [0.2, 0.25) is 5.02 Å². The maximum absolute atomic E-state index is 12.7. The fourth-order valence-corrected chi connectivity index (χ4v) is 3.46. The highest BCUT2D eigenvalue weighted by atomic mass is 35.5. The molecule has 1 saturated heterocycles. The Morgan fingerprint density at radius 3 is 2.52 bits per heavy atom. The zero-order valence-electron chi connectivity index (χ0n) is 15.7. The molecule has 150 valence electrons. The standard InChI is InChI=1S/C20H20ClN5O3/c21-15-4-2-1-3-14(15)18(27)26-11-9-25(10-12-26)17-5-8-22-16(24-17)13-23-20(6-7-20)19(28)29/h1-5,8,13H,6-7,9-12H2,(H,28,29). The van der Waals surface area contributed by atoms with E-state index < -0.39 is 11.5 Å². The van der Waals surface area contributed by atoms with Gasteiger partial charge in [-0.1, -0.05) is 23.7 Å². The lowest BCUT2D eigenvalue weighted by atomic mass is 10.2. The van der Waals surface area contributed by atoms with E-state index in [1.807, 2.05) is 0 Å². The van der Waals surface area contributed by atoms with E-state index in [1.54, 1.807) is 41.4 Å². The molecule has 0 unspecified atom stereocenters. The Kier molecular flexibility index (Phi) is 5.19. The number of anilines is 1. The summed E-state index contributed by atoms with van der Waals surface area (Å²) in [5.74, 6) is 0.120. The summed E-state index contributed by atoms with van der Waals surface area (Å²) >= 11 is 6.14. The van der Waals surface area contributed by atoms with Crippen LogP contribution in [-0.2, 0) is 4.79 Å². The van der Waals surface area contributed by atoms with Crippen molar-refractivity contribution in [2.24, 2.45) is 4.99 Å². The molecule has 8 nitrogen and oxygen atoms in total. The summed E-state index contributed by atoms with van der Waals surface area (Å²) in [6.45, 7) is 2.37. The van der Waals surface area contributed by atoms with Gasteiger partial charge in [-0.2, -0.15) is 0 Å². The average Bonchev–Trinajstić information content (AvgIpc) is 3.54. The monoisotopic (exact) mass is 413 g/mol. The number of amides is 1. The number of nitrogens with zero attached hydrogens (tertiary/aromatic N) is 5. The van der Waals surface area contributed by atoms with Crippen LogP contribution < -0.4 is 4.90 Å². The molecule has 2 fully saturated rings. The van der Waals surface area contributed by atoms with Gasteiger partial charge in [-0.3, -0.25) is 9.79 Å². The van der Waals surface area contributed by atoms with Crippen LogP contribution in [0.1, 0.15) is 29.0 Å². The van der Waals surface area contributed by atoms with Crippen LogP contribution in [0.3, 0.4) is 0 Å². The zero-order valence-corrected chi connectivity index (χ0v) is 16.4.